The van der Waals surface area contributed by atoms with E-state index in [2.05, 4.69) is 15.5 Å². The van der Waals surface area contributed by atoms with Crippen molar-refractivity contribution in [3.8, 4) is 0 Å². The fraction of sp³-hybridized carbons (Fsp3) is 0.765. The molecule has 134 valence electrons. The van der Waals surface area contributed by atoms with Gasteiger partial charge in [0.05, 0.1) is 0 Å². The SMILES string of the molecule is O=C(CN1CCSC1=O)Nc1nnc(C23CC4CC(CC(C4)C2)C3)s1. The minimum atomic E-state index is -0.177. The van der Waals surface area contributed by atoms with Crippen LogP contribution in [0.5, 0.6) is 0 Å². The van der Waals surface area contributed by atoms with Crippen LogP contribution >= 0.6 is 23.1 Å². The first-order chi connectivity index (χ1) is 12.1. The van der Waals surface area contributed by atoms with Crippen molar-refractivity contribution in [1.82, 2.24) is 15.1 Å². The summed E-state index contributed by atoms with van der Waals surface area (Å²) in [6.07, 6.45) is 7.97. The monoisotopic (exact) mass is 378 g/mol. The van der Waals surface area contributed by atoms with Crippen LogP contribution in [0.3, 0.4) is 0 Å². The van der Waals surface area contributed by atoms with Gasteiger partial charge in [-0.3, -0.25) is 14.9 Å². The number of nitrogens with one attached hydrogen (secondary N) is 1. The number of anilines is 1. The fourth-order valence-corrected chi connectivity index (χ4v) is 7.56. The predicted molar refractivity (Wildman–Crippen MR) is 97.8 cm³/mol. The molecule has 0 unspecified atom stereocenters. The number of nitrogens with zero attached hydrogens (tertiary/aromatic N) is 3. The van der Waals surface area contributed by atoms with Crippen LogP contribution < -0.4 is 5.32 Å². The van der Waals surface area contributed by atoms with Crippen molar-refractivity contribution in [3.63, 3.8) is 0 Å². The number of hydrogen-bond donors (Lipinski definition) is 1. The van der Waals surface area contributed by atoms with Gasteiger partial charge in [0.25, 0.3) is 5.24 Å². The van der Waals surface area contributed by atoms with E-state index in [1.54, 1.807) is 16.2 Å². The zero-order valence-corrected chi connectivity index (χ0v) is 15.7. The summed E-state index contributed by atoms with van der Waals surface area (Å²) < 4.78 is 0. The Bertz CT molecular complexity index is 684. The van der Waals surface area contributed by atoms with Crippen LogP contribution in [0.2, 0.25) is 0 Å². The highest BCUT2D eigenvalue weighted by molar-refractivity contribution is 8.13. The molecule has 0 radical (unpaired) electrons. The van der Waals surface area contributed by atoms with E-state index < -0.39 is 0 Å². The molecule has 5 fully saturated rings. The van der Waals surface area contributed by atoms with Gasteiger partial charge in [0.1, 0.15) is 11.6 Å². The van der Waals surface area contributed by atoms with Crippen molar-refractivity contribution in [2.45, 2.75) is 43.9 Å². The molecule has 2 heterocycles. The Labute approximate surface area is 155 Å². The average molecular weight is 379 g/mol. The highest BCUT2D eigenvalue weighted by Gasteiger charge is 2.53. The standard InChI is InChI=1S/C17H22N4O2S2/c22-13(9-21-1-2-24-16(21)23)18-15-20-19-14(25-15)17-6-10-3-11(7-17)5-12(4-10)8-17/h10-12H,1-9H2,(H,18,20,22). The largest absolute Gasteiger partial charge is 0.323 e. The second-order valence-electron chi connectivity index (χ2n) is 8.19. The van der Waals surface area contributed by atoms with Crippen LogP contribution in [0.4, 0.5) is 9.93 Å². The Morgan fingerprint density at radius 3 is 2.44 bits per heavy atom. The van der Waals surface area contributed by atoms with Gasteiger partial charge in [-0.2, -0.15) is 0 Å². The lowest BCUT2D eigenvalue weighted by Crippen LogP contribution is -2.48. The molecule has 4 bridgehead atoms. The molecule has 1 aromatic rings. The van der Waals surface area contributed by atoms with Gasteiger partial charge in [0.2, 0.25) is 11.0 Å². The van der Waals surface area contributed by atoms with E-state index in [0.29, 0.717) is 11.7 Å². The molecule has 1 aromatic heterocycles. The molecule has 1 saturated heterocycles. The molecule has 8 heteroatoms. The van der Waals surface area contributed by atoms with Gasteiger partial charge in [0, 0.05) is 17.7 Å². The second-order valence-corrected chi connectivity index (χ2v) is 10.2. The number of carbonyl (C=O) groups excluding carboxylic acids is 2. The third kappa shape index (κ3) is 2.87. The normalized spacial score (nSPS) is 36.2. The molecule has 0 atom stereocenters. The van der Waals surface area contributed by atoms with E-state index in [4.69, 9.17) is 0 Å². The van der Waals surface area contributed by atoms with Crippen LogP contribution in [0.15, 0.2) is 0 Å². The summed E-state index contributed by atoms with van der Waals surface area (Å²) in [7, 11) is 0. The second kappa shape index (κ2) is 5.94. The Morgan fingerprint density at radius 1 is 1.16 bits per heavy atom. The van der Waals surface area contributed by atoms with E-state index in [-0.39, 0.29) is 23.1 Å². The Hall–Kier alpha value is -1.15. The number of carbonyl (C=O) groups is 2. The molecule has 1 N–H and O–H groups in total. The Balaban J connectivity index is 1.28. The van der Waals surface area contributed by atoms with E-state index in [9.17, 15) is 9.59 Å². The van der Waals surface area contributed by atoms with Gasteiger partial charge in [-0.05, 0) is 56.3 Å². The van der Waals surface area contributed by atoms with Gasteiger partial charge < -0.3 is 4.90 Å². The van der Waals surface area contributed by atoms with Crippen molar-refractivity contribution in [1.29, 1.82) is 0 Å². The summed E-state index contributed by atoms with van der Waals surface area (Å²) >= 11 is 2.82. The number of thioether (sulfide) groups is 1. The average Bonchev–Trinajstić information content (AvgIpc) is 3.16. The molecular formula is C17H22N4O2S2. The molecule has 0 aromatic carbocycles. The molecule has 25 heavy (non-hydrogen) atoms. The molecular weight excluding hydrogens is 356 g/mol. The van der Waals surface area contributed by atoms with Crippen molar-refractivity contribution in [2.75, 3.05) is 24.2 Å². The van der Waals surface area contributed by atoms with E-state index in [0.717, 1.165) is 28.5 Å². The number of hydrogen-bond acceptors (Lipinski definition) is 6. The van der Waals surface area contributed by atoms with Crippen LogP contribution in [-0.4, -0.2) is 45.1 Å². The number of rotatable bonds is 4. The molecule has 1 aliphatic heterocycles. The minimum Gasteiger partial charge on any atom is -0.323 e. The lowest BCUT2D eigenvalue weighted by atomic mass is 9.50. The summed E-state index contributed by atoms with van der Waals surface area (Å²) in [6.45, 7) is 0.754. The van der Waals surface area contributed by atoms with Gasteiger partial charge in [-0.1, -0.05) is 23.1 Å². The van der Waals surface area contributed by atoms with Crippen LogP contribution in [0.1, 0.15) is 43.5 Å². The summed E-state index contributed by atoms with van der Waals surface area (Å²) in [4.78, 5) is 25.4. The summed E-state index contributed by atoms with van der Waals surface area (Å²) in [5.41, 5.74) is 0.219. The number of aromatic nitrogens is 2. The number of amides is 2. The van der Waals surface area contributed by atoms with E-state index in [1.807, 2.05) is 0 Å². The van der Waals surface area contributed by atoms with Crippen LogP contribution in [0, 0.1) is 17.8 Å². The molecule has 2 amide bonds. The smallest absolute Gasteiger partial charge is 0.282 e. The quantitative estimate of drug-likeness (QED) is 0.871. The zero-order chi connectivity index (χ0) is 17.0. The van der Waals surface area contributed by atoms with Gasteiger partial charge in [-0.25, -0.2) is 0 Å². The van der Waals surface area contributed by atoms with Gasteiger partial charge in [-0.15, -0.1) is 10.2 Å². The molecule has 0 spiro atoms. The highest BCUT2D eigenvalue weighted by atomic mass is 32.2. The van der Waals surface area contributed by atoms with Crippen LogP contribution in [-0.2, 0) is 10.2 Å². The Kier molecular flexibility index (Phi) is 3.82. The summed E-state index contributed by atoms with van der Waals surface area (Å²) in [6, 6.07) is 0. The van der Waals surface area contributed by atoms with Gasteiger partial charge in [0.15, 0.2) is 0 Å². The third-order valence-corrected chi connectivity index (χ3v) is 8.32. The maximum atomic E-state index is 12.2. The van der Waals surface area contributed by atoms with Crippen molar-refractivity contribution in [3.05, 3.63) is 5.01 Å². The van der Waals surface area contributed by atoms with E-state index >= 15 is 0 Å². The first kappa shape index (κ1) is 16.1. The highest BCUT2D eigenvalue weighted by Crippen LogP contribution is 2.61. The molecule has 6 rings (SSSR count). The molecule has 5 aliphatic rings. The summed E-state index contributed by atoms with van der Waals surface area (Å²) in [5.74, 6) is 3.19. The lowest BCUT2D eigenvalue weighted by molar-refractivity contribution is -0.116. The van der Waals surface area contributed by atoms with Crippen molar-refractivity contribution < 1.29 is 9.59 Å². The fourth-order valence-electron chi connectivity index (χ4n) is 5.76. The van der Waals surface area contributed by atoms with E-state index in [1.165, 1.54) is 50.3 Å². The zero-order valence-electron chi connectivity index (χ0n) is 14.1. The molecule has 4 aliphatic carbocycles. The first-order valence-corrected chi connectivity index (χ1v) is 11.0. The third-order valence-electron chi connectivity index (χ3n) is 6.34. The van der Waals surface area contributed by atoms with Gasteiger partial charge >= 0.3 is 0 Å². The van der Waals surface area contributed by atoms with Crippen molar-refractivity contribution in [2.24, 2.45) is 17.8 Å². The maximum absolute atomic E-state index is 12.2. The minimum absolute atomic E-state index is 0.0123. The van der Waals surface area contributed by atoms with Crippen molar-refractivity contribution >= 4 is 39.4 Å². The van der Waals surface area contributed by atoms with Crippen LogP contribution in [0.25, 0.3) is 0 Å². The topological polar surface area (TPSA) is 75.2 Å². The predicted octanol–water partition coefficient (Wildman–Crippen LogP) is 3.11. The molecule has 4 saturated carbocycles. The first-order valence-electron chi connectivity index (χ1n) is 9.15. The Morgan fingerprint density at radius 2 is 1.84 bits per heavy atom. The molecule has 6 nitrogen and oxygen atoms in total. The maximum Gasteiger partial charge on any atom is 0.282 e. The summed E-state index contributed by atoms with van der Waals surface area (Å²) in [5, 5.41) is 13.2. The lowest BCUT2D eigenvalue weighted by Gasteiger charge is -2.55.